The van der Waals surface area contributed by atoms with E-state index in [1.54, 1.807) is 21.3 Å². The standard InChI is InChI=1S/C36H42F2N6O6/c37-27-17-23-29(19-31(27)41-13-7-39-8-14-41)43(21-25(33(23)45)35(47)48)11-5-3-1-2-4-6-12-44-22-26(36(49)50)34(46)24-18-28(38)32(20-30(24)44)42-15-9-40-10-16-42/h17-22,39-40H,1-16H2,(H,47,48)(H,49,50). The number of carboxylic acid groups (broad SMARTS) is 2. The Hall–Kier alpha value is -4.82. The van der Waals surface area contributed by atoms with Crippen LogP contribution in [0, 0.1) is 11.6 Å². The molecule has 4 aromatic rings. The monoisotopic (exact) mass is 692 g/mol. The van der Waals surface area contributed by atoms with Gasteiger partial charge in [0.2, 0.25) is 10.9 Å². The number of anilines is 2. The first-order valence-electron chi connectivity index (χ1n) is 17.3. The van der Waals surface area contributed by atoms with Crippen LogP contribution in [0.1, 0.15) is 59.2 Å². The Balaban J connectivity index is 1.10. The molecule has 0 aliphatic carbocycles. The summed E-state index contributed by atoms with van der Waals surface area (Å²) in [4.78, 5) is 53.4. The molecule has 12 nitrogen and oxygen atoms in total. The van der Waals surface area contributed by atoms with E-state index in [1.807, 2.05) is 9.80 Å². The van der Waals surface area contributed by atoms with Gasteiger partial charge < -0.3 is 39.8 Å². The molecule has 0 atom stereocenters. The van der Waals surface area contributed by atoms with E-state index >= 15 is 8.78 Å². The Bertz CT molecular complexity index is 1890. The summed E-state index contributed by atoms with van der Waals surface area (Å²) in [5, 5.41) is 25.9. The molecule has 4 N–H and O–H groups in total. The number of piperazine rings is 2. The molecule has 2 aliphatic heterocycles. The molecule has 2 aromatic carbocycles. The van der Waals surface area contributed by atoms with Gasteiger partial charge in [0.15, 0.2) is 0 Å². The second-order valence-electron chi connectivity index (χ2n) is 13.0. The molecule has 0 radical (unpaired) electrons. The number of fused-ring (bicyclic) bond motifs is 2. The molecule has 2 fully saturated rings. The maximum atomic E-state index is 15.2. The van der Waals surface area contributed by atoms with Gasteiger partial charge in [-0.25, -0.2) is 18.4 Å². The fraction of sp³-hybridized carbons (Fsp3) is 0.444. The molecule has 0 saturated carbocycles. The summed E-state index contributed by atoms with van der Waals surface area (Å²) < 4.78 is 33.8. The van der Waals surface area contributed by atoms with Gasteiger partial charge in [-0.05, 0) is 37.1 Å². The van der Waals surface area contributed by atoms with E-state index in [0.29, 0.717) is 101 Å². The van der Waals surface area contributed by atoms with E-state index in [0.717, 1.165) is 37.8 Å². The third kappa shape index (κ3) is 7.36. The number of hydrogen-bond acceptors (Lipinski definition) is 8. The smallest absolute Gasteiger partial charge is 0.341 e. The molecule has 4 heterocycles. The molecule has 6 rings (SSSR count). The number of nitrogens with one attached hydrogen (secondary N) is 2. The topological polar surface area (TPSA) is 149 Å². The SMILES string of the molecule is O=C(O)c1cn(CCCCCCCCn2cc(C(=O)O)c(=O)c3cc(F)c(N4CCNCC4)cc32)c2cc(N3CCNCC3)c(F)cc2c1=O. The van der Waals surface area contributed by atoms with Crippen molar-refractivity contribution < 1.29 is 28.6 Å². The summed E-state index contributed by atoms with van der Waals surface area (Å²) >= 11 is 0. The second kappa shape index (κ2) is 15.4. The Morgan fingerprint density at radius 2 is 0.960 bits per heavy atom. The summed E-state index contributed by atoms with van der Waals surface area (Å²) in [6, 6.07) is 5.62. The van der Waals surface area contributed by atoms with E-state index in [4.69, 9.17) is 0 Å². The van der Waals surface area contributed by atoms with Gasteiger partial charge in [0, 0.05) is 88.6 Å². The molecule has 2 aliphatic rings. The molecule has 0 spiro atoms. The summed E-state index contributed by atoms with van der Waals surface area (Å²) in [6.45, 7) is 6.25. The summed E-state index contributed by atoms with van der Waals surface area (Å²) in [6.07, 6.45) is 7.56. The van der Waals surface area contributed by atoms with Crippen molar-refractivity contribution in [1.29, 1.82) is 0 Å². The van der Waals surface area contributed by atoms with Crippen LogP contribution in [0.15, 0.2) is 46.2 Å². The van der Waals surface area contributed by atoms with E-state index in [9.17, 15) is 29.4 Å². The maximum Gasteiger partial charge on any atom is 0.341 e. The molecular weight excluding hydrogens is 650 g/mol. The van der Waals surface area contributed by atoms with Crippen LogP contribution in [-0.2, 0) is 13.1 Å². The van der Waals surface area contributed by atoms with Gasteiger partial charge >= 0.3 is 11.9 Å². The van der Waals surface area contributed by atoms with E-state index in [2.05, 4.69) is 10.6 Å². The van der Waals surface area contributed by atoms with Crippen molar-refractivity contribution in [2.24, 2.45) is 0 Å². The first-order chi connectivity index (χ1) is 24.1. The summed E-state index contributed by atoms with van der Waals surface area (Å²) in [5.41, 5.74) is -0.395. The van der Waals surface area contributed by atoms with Crippen LogP contribution in [-0.4, -0.2) is 83.6 Å². The molecule has 0 unspecified atom stereocenters. The first-order valence-corrected chi connectivity index (χ1v) is 17.3. The number of hydrogen-bond donors (Lipinski definition) is 4. The number of carboxylic acids is 2. The third-order valence-electron chi connectivity index (χ3n) is 9.72. The number of pyridine rings is 2. The largest absolute Gasteiger partial charge is 0.477 e. The van der Waals surface area contributed by atoms with Crippen LogP contribution >= 0.6 is 0 Å². The van der Waals surface area contributed by atoms with Crippen molar-refractivity contribution in [3.05, 3.63) is 79.9 Å². The van der Waals surface area contributed by atoms with Crippen LogP contribution in [0.3, 0.4) is 0 Å². The van der Waals surface area contributed by atoms with Crippen LogP contribution in [0.2, 0.25) is 0 Å². The highest BCUT2D eigenvalue weighted by Crippen LogP contribution is 2.28. The number of benzene rings is 2. The lowest BCUT2D eigenvalue weighted by Gasteiger charge is -2.30. The number of carbonyl (C=O) groups is 2. The zero-order chi connectivity index (χ0) is 35.4. The lowest BCUT2D eigenvalue weighted by molar-refractivity contribution is 0.0684. The van der Waals surface area contributed by atoms with Gasteiger partial charge in [-0.1, -0.05) is 25.7 Å². The second-order valence-corrected chi connectivity index (χ2v) is 13.0. The third-order valence-corrected chi connectivity index (χ3v) is 9.72. The van der Waals surface area contributed by atoms with Gasteiger partial charge in [0.1, 0.15) is 22.8 Å². The van der Waals surface area contributed by atoms with Gasteiger partial charge in [-0.3, -0.25) is 9.59 Å². The number of nitrogens with zero attached hydrogens (tertiary/aromatic N) is 4. The number of aryl methyl sites for hydroxylation is 2. The Morgan fingerprint density at radius 1 is 0.600 bits per heavy atom. The molecule has 2 saturated heterocycles. The Labute approximate surface area is 286 Å². The minimum atomic E-state index is -1.35. The number of aromatic nitrogens is 2. The van der Waals surface area contributed by atoms with Crippen molar-refractivity contribution in [2.75, 3.05) is 62.2 Å². The number of rotatable bonds is 13. The lowest BCUT2D eigenvalue weighted by Crippen LogP contribution is -2.43. The molecule has 50 heavy (non-hydrogen) atoms. The molecule has 0 amide bonds. The van der Waals surface area contributed by atoms with Gasteiger partial charge in [-0.15, -0.1) is 0 Å². The highest BCUT2D eigenvalue weighted by molar-refractivity contribution is 5.94. The molecule has 266 valence electrons. The minimum absolute atomic E-state index is 0.0465. The number of halogens is 2. The van der Waals surface area contributed by atoms with Crippen LogP contribution < -0.4 is 31.3 Å². The Morgan fingerprint density at radius 3 is 1.32 bits per heavy atom. The van der Waals surface area contributed by atoms with Crippen molar-refractivity contribution in [3.63, 3.8) is 0 Å². The van der Waals surface area contributed by atoms with Gasteiger partial charge in [0.05, 0.1) is 22.4 Å². The average molecular weight is 693 g/mol. The van der Waals surface area contributed by atoms with E-state index < -0.39 is 45.6 Å². The van der Waals surface area contributed by atoms with Crippen molar-refractivity contribution >= 4 is 45.1 Å². The fourth-order valence-corrected chi connectivity index (χ4v) is 7.04. The lowest BCUT2D eigenvalue weighted by atomic mass is 10.1. The van der Waals surface area contributed by atoms with Gasteiger partial charge in [0.25, 0.3) is 0 Å². The van der Waals surface area contributed by atoms with E-state index in [-0.39, 0.29) is 10.8 Å². The quantitative estimate of drug-likeness (QED) is 0.152. The highest BCUT2D eigenvalue weighted by Gasteiger charge is 2.22. The maximum absolute atomic E-state index is 15.2. The predicted octanol–water partition coefficient (Wildman–Crippen LogP) is 3.85. The van der Waals surface area contributed by atoms with Crippen LogP contribution in [0.4, 0.5) is 20.2 Å². The Kier molecular flexibility index (Phi) is 10.8. The molecule has 2 aromatic heterocycles. The average Bonchev–Trinajstić information content (AvgIpc) is 3.11. The summed E-state index contributed by atoms with van der Waals surface area (Å²) in [7, 11) is 0. The van der Waals surface area contributed by atoms with Crippen LogP contribution in [0.5, 0.6) is 0 Å². The van der Waals surface area contributed by atoms with Crippen molar-refractivity contribution in [1.82, 2.24) is 19.8 Å². The summed E-state index contributed by atoms with van der Waals surface area (Å²) in [5.74, 6) is -3.80. The number of aromatic carboxylic acids is 2. The first kappa shape index (κ1) is 35.0. The van der Waals surface area contributed by atoms with Gasteiger partial charge in [-0.2, -0.15) is 0 Å². The fourth-order valence-electron chi connectivity index (χ4n) is 7.04. The zero-order valence-corrected chi connectivity index (χ0v) is 27.9. The minimum Gasteiger partial charge on any atom is -0.477 e. The predicted molar refractivity (Wildman–Crippen MR) is 188 cm³/mol. The highest BCUT2D eigenvalue weighted by atomic mass is 19.1. The zero-order valence-electron chi connectivity index (χ0n) is 27.9. The number of unbranched alkanes of at least 4 members (excludes halogenated alkanes) is 5. The van der Waals surface area contributed by atoms with E-state index in [1.165, 1.54) is 12.4 Å². The molecule has 0 bridgehead atoms. The van der Waals surface area contributed by atoms with Crippen LogP contribution in [0.25, 0.3) is 21.8 Å². The molecule has 14 heteroatoms. The van der Waals surface area contributed by atoms with Crippen molar-refractivity contribution in [3.8, 4) is 0 Å². The normalized spacial score (nSPS) is 15.2. The van der Waals surface area contributed by atoms with Crippen molar-refractivity contribution in [2.45, 2.75) is 51.6 Å². The molecular formula is C36H42F2N6O6.